The van der Waals surface area contributed by atoms with Crippen molar-refractivity contribution in [3.63, 3.8) is 0 Å². The molecule has 4 heteroatoms. The van der Waals surface area contributed by atoms with Gasteiger partial charge in [-0.15, -0.1) is 0 Å². The van der Waals surface area contributed by atoms with Gasteiger partial charge >= 0.3 is 0 Å². The molecule has 2 aromatic rings. The fourth-order valence-electron chi connectivity index (χ4n) is 3.39. The molecule has 1 aromatic heterocycles. The van der Waals surface area contributed by atoms with E-state index in [-0.39, 0.29) is 11.5 Å². The average Bonchev–Trinajstić information content (AvgIpc) is 2.54. The first kappa shape index (κ1) is 14.3. The molecule has 0 bridgehead atoms. The summed E-state index contributed by atoms with van der Waals surface area (Å²) < 4.78 is 1.71. The number of nitrogens with zero attached hydrogens (tertiary/aromatic N) is 2. The molecule has 1 heterocycles. The molecule has 4 nitrogen and oxygen atoms in total. The molecule has 0 aliphatic heterocycles. The molecule has 1 saturated carbocycles. The van der Waals surface area contributed by atoms with Gasteiger partial charge in [-0.05, 0) is 37.8 Å². The number of rotatable bonds is 3. The third-order valence-corrected chi connectivity index (χ3v) is 4.57. The minimum absolute atomic E-state index is 0.144. The van der Waals surface area contributed by atoms with Gasteiger partial charge < -0.3 is 9.67 Å². The van der Waals surface area contributed by atoms with Crippen molar-refractivity contribution in [1.29, 1.82) is 0 Å². The van der Waals surface area contributed by atoms with Gasteiger partial charge in [0.15, 0.2) is 0 Å². The Kier molecular flexibility index (Phi) is 4.06. The summed E-state index contributed by atoms with van der Waals surface area (Å²) in [5, 5.41) is 10.6. The van der Waals surface area contributed by atoms with Crippen molar-refractivity contribution in [2.75, 3.05) is 0 Å². The third kappa shape index (κ3) is 2.60. The number of aliphatic hydroxyl groups excluding tert-OH is 1. The zero-order valence-electron chi connectivity index (χ0n) is 12.5. The Labute approximate surface area is 124 Å². The monoisotopic (exact) mass is 286 g/mol. The SMILES string of the molecule is CCn1c(=O)c(C(O)C2CCCCC2)nc2ccccc21. The molecule has 3 rings (SSSR count). The van der Waals surface area contributed by atoms with Gasteiger partial charge in [0.2, 0.25) is 0 Å². The van der Waals surface area contributed by atoms with Crippen molar-refractivity contribution in [2.24, 2.45) is 5.92 Å². The molecular weight excluding hydrogens is 264 g/mol. The predicted molar refractivity (Wildman–Crippen MR) is 83.2 cm³/mol. The molecule has 0 spiro atoms. The number of hydrogen-bond acceptors (Lipinski definition) is 3. The quantitative estimate of drug-likeness (QED) is 0.943. The van der Waals surface area contributed by atoms with Gasteiger partial charge in [-0.3, -0.25) is 4.79 Å². The number of benzene rings is 1. The standard InChI is InChI=1S/C17H22N2O2/c1-2-19-14-11-7-6-10-13(14)18-15(17(19)21)16(20)12-8-4-3-5-9-12/h6-7,10-12,16,20H,2-5,8-9H2,1H3. The van der Waals surface area contributed by atoms with Crippen LogP contribution in [0.3, 0.4) is 0 Å². The van der Waals surface area contributed by atoms with Gasteiger partial charge in [-0.1, -0.05) is 31.4 Å². The highest BCUT2D eigenvalue weighted by atomic mass is 16.3. The Balaban J connectivity index is 2.09. The van der Waals surface area contributed by atoms with E-state index in [2.05, 4.69) is 4.98 Å². The van der Waals surface area contributed by atoms with Crippen LogP contribution >= 0.6 is 0 Å². The summed E-state index contributed by atoms with van der Waals surface area (Å²) in [6.07, 6.45) is 4.74. The highest BCUT2D eigenvalue weighted by Gasteiger charge is 2.27. The maximum atomic E-state index is 12.6. The molecule has 1 unspecified atom stereocenters. The number of para-hydroxylation sites is 2. The summed E-state index contributed by atoms with van der Waals surface area (Å²) in [7, 11) is 0. The lowest BCUT2D eigenvalue weighted by Gasteiger charge is -2.26. The van der Waals surface area contributed by atoms with E-state index in [0.29, 0.717) is 12.2 Å². The summed E-state index contributed by atoms with van der Waals surface area (Å²) in [5.74, 6) is 0.172. The van der Waals surface area contributed by atoms with Crippen LogP contribution in [0.2, 0.25) is 0 Å². The van der Waals surface area contributed by atoms with Crippen LogP contribution in [-0.2, 0) is 6.54 Å². The Hall–Kier alpha value is -1.68. The third-order valence-electron chi connectivity index (χ3n) is 4.57. The molecule has 1 atom stereocenters. The zero-order valence-corrected chi connectivity index (χ0v) is 12.5. The normalized spacial score (nSPS) is 18.0. The smallest absolute Gasteiger partial charge is 0.275 e. The summed E-state index contributed by atoms with van der Waals surface area (Å²) in [4.78, 5) is 17.1. The van der Waals surface area contributed by atoms with E-state index in [1.807, 2.05) is 31.2 Å². The fraction of sp³-hybridized carbons (Fsp3) is 0.529. The number of hydrogen-bond donors (Lipinski definition) is 1. The lowest BCUT2D eigenvalue weighted by Crippen LogP contribution is -2.30. The predicted octanol–water partition coefficient (Wildman–Crippen LogP) is 3.03. The topological polar surface area (TPSA) is 55.1 Å². The Morgan fingerprint density at radius 1 is 1.29 bits per heavy atom. The van der Waals surface area contributed by atoms with Gasteiger partial charge in [-0.25, -0.2) is 4.98 Å². The van der Waals surface area contributed by atoms with Gasteiger partial charge in [-0.2, -0.15) is 0 Å². The molecule has 0 radical (unpaired) electrons. The zero-order chi connectivity index (χ0) is 14.8. The van der Waals surface area contributed by atoms with Gasteiger partial charge in [0, 0.05) is 6.54 Å². The van der Waals surface area contributed by atoms with Crippen molar-refractivity contribution in [2.45, 2.75) is 51.7 Å². The summed E-state index contributed by atoms with van der Waals surface area (Å²) >= 11 is 0. The Morgan fingerprint density at radius 2 is 2.00 bits per heavy atom. The lowest BCUT2D eigenvalue weighted by atomic mass is 9.84. The van der Waals surface area contributed by atoms with E-state index in [9.17, 15) is 9.90 Å². The van der Waals surface area contributed by atoms with Gasteiger partial charge in [0.05, 0.1) is 11.0 Å². The van der Waals surface area contributed by atoms with Crippen LogP contribution in [0, 0.1) is 5.92 Å². The second kappa shape index (κ2) is 5.98. The van der Waals surface area contributed by atoms with Crippen LogP contribution in [0.1, 0.15) is 50.8 Å². The van der Waals surface area contributed by atoms with E-state index in [1.165, 1.54) is 6.42 Å². The van der Waals surface area contributed by atoms with Gasteiger partial charge in [0.25, 0.3) is 5.56 Å². The molecule has 1 aliphatic rings. The second-order valence-electron chi connectivity index (χ2n) is 5.88. The van der Waals surface area contributed by atoms with Crippen molar-refractivity contribution < 1.29 is 5.11 Å². The molecule has 1 fully saturated rings. The van der Waals surface area contributed by atoms with E-state index < -0.39 is 6.10 Å². The van der Waals surface area contributed by atoms with Crippen molar-refractivity contribution in [3.8, 4) is 0 Å². The van der Waals surface area contributed by atoms with E-state index in [4.69, 9.17) is 0 Å². The van der Waals surface area contributed by atoms with Crippen molar-refractivity contribution in [1.82, 2.24) is 9.55 Å². The molecule has 1 aromatic carbocycles. The number of aryl methyl sites for hydroxylation is 1. The van der Waals surface area contributed by atoms with Gasteiger partial charge in [0.1, 0.15) is 11.8 Å². The largest absolute Gasteiger partial charge is 0.386 e. The summed E-state index contributed by atoms with van der Waals surface area (Å²) in [5.41, 5.74) is 1.80. The maximum Gasteiger partial charge on any atom is 0.275 e. The highest BCUT2D eigenvalue weighted by molar-refractivity contribution is 5.74. The Bertz CT molecular complexity index is 687. The highest BCUT2D eigenvalue weighted by Crippen LogP contribution is 2.33. The van der Waals surface area contributed by atoms with E-state index in [1.54, 1.807) is 4.57 Å². The van der Waals surface area contributed by atoms with Crippen LogP contribution in [0.5, 0.6) is 0 Å². The molecule has 0 saturated heterocycles. The van der Waals surface area contributed by atoms with E-state index >= 15 is 0 Å². The minimum atomic E-state index is -0.736. The van der Waals surface area contributed by atoms with E-state index in [0.717, 1.165) is 36.7 Å². The maximum absolute atomic E-state index is 12.6. The molecule has 112 valence electrons. The van der Waals surface area contributed by atoms with Crippen LogP contribution in [0.15, 0.2) is 29.1 Å². The first-order valence-electron chi connectivity index (χ1n) is 7.90. The molecular formula is C17H22N2O2. The first-order chi connectivity index (χ1) is 10.2. The number of fused-ring (bicyclic) bond motifs is 1. The summed E-state index contributed by atoms with van der Waals surface area (Å²) in [6, 6.07) is 7.63. The second-order valence-corrected chi connectivity index (χ2v) is 5.88. The molecule has 0 amide bonds. The molecule has 21 heavy (non-hydrogen) atoms. The van der Waals surface area contributed by atoms with Crippen molar-refractivity contribution in [3.05, 3.63) is 40.3 Å². The summed E-state index contributed by atoms with van der Waals surface area (Å²) in [6.45, 7) is 2.54. The van der Waals surface area contributed by atoms with Crippen molar-refractivity contribution >= 4 is 11.0 Å². The van der Waals surface area contributed by atoms with Crippen LogP contribution in [0.25, 0.3) is 11.0 Å². The molecule has 1 N–H and O–H groups in total. The van der Waals surface area contributed by atoms with Crippen LogP contribution in [-0.4, -0.2) is 14.7 Å². The van der Waals surface area contributed by atoms with Crippen LogP contribution in [0.4, 0.5) is 0 Å². The number of aromatic nitrogens is 2. The lowest BCUT2D eigenvalue weighted by molar-refractivity contribution is 0.0797. The average molecular weight is 286 g/mol. The molecule has 1 aliphatic carbocycles. The van der Waals surface area contributed by atoms with Crippen LogP contribution < -0.4 is 5.56 Å². The Morgan fingerprint density at radius 3 is 2.71 bits per heavy atom. The minimum Gasteiger partial charge on any atom is -0.386 e. The fourth-order valence-corrected chi connectivity index (χ4v) is 3.39. The number of aliphatic hydroxyl groups is 1. The first-order valence-corrected chi connectivity index (χ1v) is 7.90.